The Hall–Kier alpha value is -3.25. The molecular weight excluding hydrogens is 524 g/mol. The maximum absolute atomic E-state index is 13.4. The lowest BCUT2D eigenvalue weighted by Crippen LogP contribution is -2.00. The molecule has 0 amide bonds. The summed E-state index contributed by atoms with van der Waals surface area (Å²) in [6, 6.07) is 17.5. The summed E-state index contributed by atoms with van der Waals surface area (Å²) < 4.78 is 36.3. The summed E-state index contributed by atoms with van der Waals surface area (Å²) in [5, 5.41) is 9.74. The van der Waals surface area contributed by atoms with Crippen molar-refractivity contribution in [1.82, 2.24) is 0 Å². The van der Waals surface area contributed by atoms with Crippen molar-refractivity contribution in [2.24, 2.45) is 0 Å². The molecule has 5 nitrogen and oxygen atoms in total. The SMILES string of the molecule is COc1ccc(/C(C#N)=C/c2cc(I)c(OCc3cccc(F)c3)c(OC)c2)cc1OC. The van der Waals surface area contributed by atoms with Crippen molar-refractivity contribution >= 4 is 34.2 Å². The van der Waals surface area contributed by atoms with Crippen LogP contribution in [0, 0.1) is 20.7 Å². The standard InChI is InChI=1S/C25H21FINO4/c1-29-22-8-7-18(13-23(22)30-2)19(14-28)9-17-11-21(27)25(24(12-17)31-3)32-15-16-5-4-6-20(26)10-16/h4-13H,15H2,1-3H3/b19-9+. The molecule has 7 heteroatoms. The molecule has 0 saturated heterocycles. The second-order valence-electron chi connectivity index (χ2n) is 6.69. The highest BCUT2D eigenvalue weighted by Gasteiger charge is 2.13. The van der Waals surface area contributed by atoms with E-state index in [4.69, 9.17) is 18.9 Å². The molecule has 0 aliphatic rings. The van der Waals surface area contributed by atoms with Gasteiger partial charge in [0.15, 0.2) is 23.0 Å². The molecule has 3 aromatic rings. The highest BCUT2D eigenvalue weighted by Crippen LogP contribution is 2.36. The van der Waals surface area contributed by atoms with Crippen molar-refractivity contribution in [2.75, 3.05) is 21.3 Å². The summed E-state index contributed by atoms with van der Waals surface area (Å²) in [6.45, 7) is 0.203. The number of methoxy groups -OCH3 is 3. The van der Waals surface area contributed by atoms with Gasteiger partial charge >= 0.3 is 0 Å². The van der Waals surface area contributed by atoms with Gasteiger partial charge in [-0.1, -0.05) is 12.1 Å². The lowest BCUT2D eigenvalue weighted by atomic mass is 10.0. The Morgan fingerprint density at radius 1 is 0.969 bits per heavy atom. The molecule has 3 aromatic carbocycles. The smallest absolute Gasteiger partial charge is 0.174 e. The summed E-state index contributed by atoms with van der Waals surface area (Å²) in [5.74, 6) is 1.89. The Morgan fingerprint density at radius 2 is 1.72 bits per heavy atom. The van der Waals surface area contributed by atoms with E-state index >= 15 is 0 Å². The molecule has 0 radical (unpaired) electrons. The third-order valence-corrected chi connectivity index (χ3v) is 5.45. The number of rotatable bonds is 8. The number of allylic oxidation sites excluding steroid dienone is 1. The fraction of sp³-hybridized carbons (Fsp3) is 0.160. The van der Waals surface area contributed by atoms with E-state index in [1.807, 2.05) is 6.07 Å². The van der Waals surface area contributed by atoms with Gasteiger partial charge in [0.2, 0.25) is 0 Å². The largest absolute Gasteiger partial charge is 0.493 e. The quantitative estimate of drug-likeness (QED) is 0.195. The average Bonchev–Trinajstić information content (AvgIpc) is 2.81. The van der Waals surface area contributed by atoms with Crippen LogP contribution < -0.4 is 18.9 Å². The van der Waals surface area contributed by atoms with E-state index < -0.39 is 0 Å². The normalized spacial score (nSPS) is 10.9. The van der Waals surface area contributed by atoms with Gasteiger partial charge in [0, 0.05) is 0 Å². The third-order valence-electron chi connectivity index (χ3n) is 4.65. The molecule has 0 aliphatic carbocycles. The van der Waals surface area contributed by atoms with Gasteiger partial charge in [-0.3, -0.25) is 0 Å². The van der Waals surface area contributed by atoms with Crippen LogP contribution in [0.25, 0.3) is 11.6 Å². The number of hydrogen-bond acceptors (Lipinski definition) is 5. The first-order valence-electron chi connectivity index (χ1n) is 9.58. The Balaban J connectivity index is 1.91. The number of benzene rings is 3. The number of ether oxygens (including phenoxy) is 4. The van der Waals surface area contributed by atoms with E-state index in [0.29, 0.717) is 39.7 Å². The van der Waals surface area contributed by atoms with E-state index in [1.54, 1.807) is 63.8 Å². The Bertz CT molecular complexity index is 1190. The molecule has 164 valence electrons. The molecule has 0 fully saturated rings. The summed E-state index contributed by atoms with van der Waals surface area (Å²) >= 11 is 2.15. The monoisotopic (exact) mass is 545 g/mol. The number of nitriles is 1. The minimum Gasteiger partial charge on any atom is -0.493 e. The van der Waals surface area contributed by atoms with Crippen molar-refractivity contribution in [3.8, 4) is 29.1 Å². The van der Waals surface area contributed by atoms with Crippen LogP contribution in [0.1, 0.15) is 16.7 Å². The average molecular weight is 545 g/mol. The van der Waals surface area contributed by atoms with Crippen molar-refractivity contribution in [1.29, 1.82) is 5.26 Å². The van der Waals surface area contributed by atoms with Crippen molar-refractivity contribution in [3.05, 3.63) is 80.7 Å². The minimum absolute atomic E-state index is 0.203. The predicted octanol–water partition coefficient (Wildman–Crippen LogP) is 6.10. The van der Waals surface area contributed by atoms with Crippen molar-refractivity contribution in [2.45, 2.75) is 6.61 Å². The Labute approximate surface area is 200 Å². The van der Waals surface area contributed by atoms with Crippen LogP contribution in [0.3, 0.4) is 0 Å². The number of hydrogen-bond donors (Lipinski definition) is 0. The van der Waals surface area contributed by atoms with Gasteiger partial charge in [0.05, 0.1) is 36.5 Å². The van der Waals surface area contributed by atoms with Crippen LogP contribution in [-0.2, 0) is 6.61 Å². The zero-order valence-electron chi connectivity index (χ0n) is 17.8. The molecule has 0 heterocycles. The Morgan fingerprint density at radius 3 is 2.38 bits per heavy atom. The van der Waals surface area contributed by atoms with E-state index in [0.717, 1.165) is 9.13 Å². The molecule has 0 unspecified atom stereocenters. The van der Waals surface area contributed by atoms with E-state index in [1.165, 1.54) is 12.1 Å². The maximum Gasteiger partial charge on any atom is 0.174 e. The van der Waals surface area contributed by atoms with E-state index in [9.17, 15) is 9.65 Å². The van der Waals surface area contributed by atoms with Crippen LogP contribution in [0.15, 0.2) is 54.6 Å². The van der Waals surface area contributed by atoms with Crippen molar-refractivity contribution < 1.29 is 23.3 Å². The molecular formula is C25H21FINO4. The molecule has 0 aromatic heterocycles. The zero-order chi connectivity index (χ0) is 23.1. The predicted molar refractivity (Wildman–Crippen MR) is 129 cm³/mol. The summed E-state index contributed by atoms with van der Waals surface area (Å²) in [5.41, 5.74) is 2.64. The van der Waals surface area contributed by atoms with E-state index in [2.05, 4.69) is 28.7 Å². The van der Waals surface area contributed by atoms with Crippen LogP contribution >= 0.6 is 22.6 Å². The number of nitrogens with zero attached hydrogens (tertiary/aromatic N) is 1. The van der Waals surface area contributed by atoms with Crippen LogP contribution in [0.5, 0.6) is 23.0 Å². The molecule has 32 heavy (non-hydrogen) atoms. The Kier molecular flexibility index (Phi) is 7.95. The van der Waals surface area contributed by atoms with Gasteiger partial charge in [-0.05, 0) is 87.8 Å². The fourth-order valence-electron chi connectivity index (χ4n) is 3.10. The summed E-state index contributed by atoms with van der Waals surface area (Å²) in [4.78, 5) is 0. The lowest BCUT2D eigenvalue weighted by Gasteiger charge is -2.14. The maximum atomic E-state index is 13.4. The van der Waals surface area contributed by atoms with Gasteiger partial charge in [0.25, 0.3) is 0 Å². The zero-order valence-corrected chi connectivity index (χ0v) is 20.0. The molecule has 0 aliphatic heterocycles. The molecule has 0 saturated carbocycles. The molecule has 0 atom stereocenters. The van der Waals surface area contributed by atoms with Gasteiger partial charge in [-0.15, -0.1) is 0 Å². The fourth-order valence-corrected chi connectivity index (χ4v) is 3.88. The highest BCUT2D eigenvalue weighted by molar-refractivity contribution is 14.1. The van der Waals surface area contributed by atoms with Gasteiger partial charge < -0.3 is 18.9 Å². The topological polar surface area (TPSA) is 60.7 Å². The minimum atomic E-state index is -0.313. The first-order chi connectivity index (χ1) is 15.5. The molecule has 0 N–H and O–H groups in total. The number of halogens is 2. The molecule has 3 rings (SSSR count). The van der Waals surface area contributed by atoms with Crippen LogP contribution in [0.2, 0.25) is 0 Å². The third kappa shape index (κ3) is 5.51. The van der Waals surface area contributed by atoms with Crippen LogP contribution in [-0.4, -0.2) is 21.3 Å². The van der Waals surface area contributed by atoms with Gasteiger partial charge in [-0.25, -0.2) is 4.39 Å². The summed E-state index contributed by atoms with van der Waals surface area (Å²) in [6.07, 6.45) is 1.77. The van der Waals surface area contributed by atoms with Crippen molar-refractivity contribution in [3.63, 3.8) is 0 Å². The molecule has 0 spiro atoms. The first-order valence-corrected chi connectivity index (χ1v) is 10.7. The lowest BCUT2D eigenvalue weighted by molar-refractivity contribution is 0.282. The second kappa shape index (κ2) is 10.9. The van der Waals surface area contributed by atoms with E-state index in [-0.39, 0.29) is 12.4 Å². The summed E-state index contributed by atoms with van der Waals surface area (Å²) in [7, 11) is 4.66. The van der Waals surface area contributed by atoms with Gasteiger partial charge in [-0.2, -0.15) is 5.26 Å². The first kappa shape index (κ1) is 23.4. The molecule has 0 bridgehead atoms. The highest BCUT2D eigenvalue weighted by atomic mass is 127. The van der Waals surface area contributed by atoms with Crippen LogP contribution in [0.4, 0.5) is 4.39 Å². The second-order valence-corrected chi connectivity index (χ2v) is 7.85. The van der Waals surface area contributed by atoms with Gasteiger partial charge in [0.1, 0.15) is 12.4 Å².